The molecule has 0 aliphatic carbocycles. The van der Waals surface area contributed by atoms with Crippen molar-refractivity contribution in [3.05, 3.63) is 36.5 Å². The van der Waals surface area contributed by atoms with Crippen LogP contribution in [0.2, 0.25) is 0 Å². The van der Waals surface area contributed by atoms with Crippen molar-refractivity contribution in [3.63, 3.8) is 0 Å². The zero-order valence-corrected chi connectivity index (χ0v) is 47.8. The summed E-state index contributed by atoms with van der Waals surface area (Å²) in [6.45, 7) is 4.33. The summed E-state index contributed by atoms with van der Waals surface area (Å²) in [6.07, 6.45) is 85.0. The van der Waals surface area contributed by atoms with Crippen LogP contribution >= 0.6 is 0 Å². The van der Waals surface area contributed by atoms with Crippen molar-refractivity contribution in [1.82, 2.24) is 5.32 Å². The SMILES string of the molecule is CCCCCCCCCC/C=C\CCCCCCCCCCCCCCCCCCCCCCCCCCCCCC(=O)NC(CO)C(O)/C=C/CC/C=C/CCCCCCCCCCCCCCC. The minimum atomic E-state index is -0.861. The Morgan fingerprint density at radius 3 is 0.829 bits per heavy atom. The molecule has 0 radical (unpaired) electrons. The molecule has 0 spiro atoms. The molecular formula is C66H127NO3. The number of aliphatic hydroxyl groups is 2. The van der Waals surface area contributed by atoms with Gasteiger partial charge in [-0.3, -0.25) is 4.79 Å². The van der Waals surface area contributed by atoms with Crippen molar-refractivity contribution in [3.8, 4) is 0 Å². The van der Waals surface area contributed by atoms with E-state index in [4.69, 9.17) is 0 Å². The van der Waals surface area contributed by atoms with Gasteiger partial charge in [-0.15, -0.1) is 0 Å². The van der Waals surface area contributed by atoms with Crippen molar-refractivity contribution in [2.75, 3.05) is 6.61 Å². The van der Waals surface area contributed by atoms with Crippen molar-refractivity contribution < 1.29 is 15.0 Å². The highest BCUT2D eigenvalue weighted by Crippen LogP contribution is 2.18. The van der Waals surface area contributed by atoms with E-state index >= 15 is 0 Å². The van der Waals surface area contributed by atoms with E-state index in [0.29, 0.717) is 6.42 Å². The van der Waals surface area contributed by atoms with Crippen LogP contribution in [0.5, 0.6) is 0 Å². The van der Waals surface area contributed by atoms with Gasteiger partial charge in [0.1, 0.15) is 0 Å². The van der Waals surface area contributed by atoms with Gasteiger partial charge in [0.2, 0.25) is 5.91 Å². The molecule has 0 bridgehead atoms. The lowest BCUT2D eigenvalue weighted by Gasteiger charge is -2.19. The molecule has 414 valence electrons. The van der Waals surface area contributed by atoms with Gasteiger partial charge in [-0.05, 0) is 57.8 Å². The molecule has 70 heavy (non-hydrogen) atoms. The Kier molecular flexibility index (Phi) is 60.7. The van der Waals surface area contributed by atoms with Crippen LogP contribution in [0.4, 0.5) is 0 Å². The minimum Gasteiger partial charge on any atom is -0.394 e. The Morgan fingerprint density at radius 2 is 0.557 bits per heavy atom. The standard InChI is InChI=1S/C66H127NO3/c1-3-5-7-9-11-13-15-17-19-21-23-24-25-26-27-28-29-30-31-32-33-34-35-36-37-38-39-40-41-42-44-46-48-50-52-54-56-58-60-62-66(70)67-64(63-68)65(69)61-59-57-55-53-51-49-47-45-43-22-20-18-16-14-12-10-8-6-4-2/h21,23,51,53,59,61,64-65,68-69H,3-20,22,24-50,52,54-58,60,62-63H2,1-2H3,(H,67,70)/b23-21-,53-51+,61-59+. The van der Waals surface area contributed by atoms with Gasteiger partial charge >= 0.3 is 0 Å². The number of amides is 1. The molecule has 0 aliphatic heterocycles. The first-order valence-electron chi connectivity index (χ1n) is 32.2. The maximum atomic E-state index is 12.5. The molecule has 0 aliphatic rings. The maximum Gasteiger partial charge on any atom is 0.220 e. The normalized spacial score (nSPS) is 12.9. The highest BCUT2D eigenvalue weighted by atomic mass is 16.3. The topological polar surface area (TPSA) is 69.6 Å². The predicted molar refractivity (Wildman–Crippen MR) is 313 cm³/mol. The maximum absolute atomic E-state index is 12.5. The number of carbonyl (C=O) groups is 1. The second kappa shape index (κ2) is 61.9. The molecule has 0 aromatic carbocycles. The van der Waals surface area contributed by atoms with E-state index in [1.54, 1.807) is 6.08 Å². The summed E-state index contributed by atoms with van der Waals surface area (Å²) in [5.41, 5.74) is 0. The highest BCUT2D eigenvalue weighted by Gasteiger charge is 2.18. The minimum absolute atomic E-state index is 0.0666. The summed E-state index contributed by atoms with van der Waals surface area (Å²) in [6, 6.07) is -0.637. The smallest absolute Gasteiger partial charge is 0.220 e. The van der Waals surface area contributed by atoms with Crippen LogP contribution in [0.1, 0.15) is 361 Å². The third kappa shape index (κ3) is 57.5. The second-order valence-corrected chi connectivity index (χ2v) is 22.2. The summed E-state index contributed by atoms with van der Waals surface area (Å²) < 4.78 is 0. The van der Waals surface area contributed by atoms with Crippen LogP contribution < -0.4 is 5.32 Å². The van der Waals surface area contributed by atoms with Crippen LogP contribution in [-0.2, 0) is 4.79 Å². The Hall–Kier alpha value is -1.39. The van der Waals surface area contributed by atoms with Crippen LogP contribution in [0, 0.1) is 0 Å². The lowest BCUT2D eigenvalue weighted by molar-refractivity contribution is -0.123. The van der Waals surface area contributed by atoms with Crippen molar-refractivity contribution >= 4 is 5.91 Å². The van der Waals surface area contributed by atoms with E-state index in [0.717, 1.165) is 32.1 Å². The number of hydrogen-bond acceptors (Lipinski definition) is 3. The third-order valence-corrected chi connectivity index (χ3v) is 15.1. The molecule has 1 amide bonds. The summed E-state index contributed by atoms with van der Waals surface area (Å²) in [4.78, 5) is 12.5. The molecule has 3 N–H and O–H groups in total. The van der Waals surface area contributed by atoms with Crippen molar-refractivity contribution in [2.45, 2.75) is 373 Å². The number of nitrogens with one attached hydrogen (secondary N) is 1. The van der Waals surface area contributed by atoms with Gasteiger partial charge in [-0.25, -0.2) is 0 Å². The highest BCUT2D eigenvalue weighted by molar-refractivity contribution is 5.76. The molecule has 2 atom stereocenters. The average Bonchev–Trinajstić information content (AvgIpc) is 3.36. The van der Waals surface area contributed by atoms with E-state index in [1.807, 2.05) is 6.08 Å². The number of hydrogen-bond donors (Lipinski definition) is 3. The Balaban J connectivity index is 3.40. The molecule has 4 heteroatoms. The van der Waals surface area contributed by atoms with Crippen LogP contribution in [-0.4, -0.2) is 34.9 Å². The zero-order valence-electron chi connectivity index (χ0n) is 47.8. The molecule has 0 heterocycles. The lowest BCUT2D eigenvalue weighted by Crippen LogP contribution is -2.45. The molecule has 0 rings (SSSR count). The molecule has 4 nitrogen and oxygen atoms in total. The van der Waals surface area contributed by atoms with Gasteiger partial charge in [0, 0.05) is 6.42 Å². The fraction of sp³-hybridized carbons (Fsp3) is 0.894. The number of unbranched alkanes of at least 4 members (excludes halogenated alkanes) is 49. The fourth-order valence-corrected chi connectivity index (χ4v) is 10.2. The van der Waals surface area contributed by atoms with Gasteiger partial charge in [-0.1, -0.05) is 333 Å². The van der Waals surface area contributed by atoms with Crippen LogP contribution in [0.3, 0.4) is 0 Å². The summed E-state index contributed by atoms with van der Waals surface area (Å²) in [5, 5.41) is 23.2. The first-order valence-corrected chi connectivity index (χ1v) is 32.2. The lowest BCUT2D eigenvalue weighted by atomic mass is 10.0. The third-order valence-electron chi connectivity index (χ3n) is 15.1. The van der Waals surface area contributed by atoms with Gasteiger partial charge in [0.05, 0.1) is 18.8 Å². The Bertz CT molecular complexity index is 1070. The van der Waals surface area contributed by atoms with Crippen LogP contribution in [0.15, 0.2) is 36.5 Å². The fourth-order valence-electron chi connectivity index (χ4n) is 10.2. The van der Waals surface area contributed by atoms with Gasteiger partial charge < -0.3 is 15.5 Å². The number of carbonyl (C=O) groups excluding carboxylic acids is 1. The molecule has 0 saturated carbocycles. The molecule has 0 aromatic rings. The first kappa shape index (κ1) is 68.6. The largest absolute Gasteiger partial charge is 0.394 e. The Labute approximate surface area is 440 Å². The van der Waals surface area contributed by atoms with E-state index in [2.05, 4.69) is 43.5 Å². The molecule has 0 saturated heterocycles. The number of aliphatic hydroxyl groups excluding tert-OH is 2. The molecule has 0 fully saturated rings. The van der Waals surface area contributed by atoms with Crippen molar-refractivity contribution in [2.24, 2.45) is 0 Å². The van der Waals surface area contributed by atoms with Gasteiger partial charge in [0.25, 0.3) is 0 Å². The quantitative estimate of drug-likeness (QED) is 0.0420. The van der Waals surface area contributed by atoms with E-state index in [-0.39, 0.29) is 12.5 Å². The summed E-state index contributed by atoms with van der Waals surface area (Å²) in [7, 11) is 0. The van der Waals surface area contributed by atoms with E-state index < -0.39 is 12.1 Å². The van der Waals surface area contributed by atoms with E-state index in [1.165, 1.54) is 308 Å². The predicted octanol–water partition coefficient (Wildman–Crippen LogP) is 21.6. The van der Waals surface area contributed by atoms with Crippen LogP contribution in [0.25, 0.3) is 0 Å². The molecule has 0 aromatic heterocycles. The monoisotopic (exact) mass is 982 g/mol. The first-order chi connectivity index (χ1) is 34.7. The van der Waals surface area contributed by atoms with Gasteiger partial charge in [-0.2, -0.15) is 0 Å². The molecule has 2 unspecified atom stereocenters. The summed E-state index contributed by atoms with van der Waals surface area (Å²) >= 11 is 0. The average molecular weight is 983 g/mol. The second-order valence-electron chi connectivity index (χ2n) is 22.2. The van der Waals surface area contributed by atoms with Crippen molar-refractivity contribution in [1.29, 1.82) is 0 Å². The van der Waals surface area contributed by atoms with E-state index in [9.17, 15) is 15.0 Å². The molecular weight excluding hydrogens is 855 g/mol. The number of rotatable bonds is 60. The van der Waals surface area contributed by atoms with Gasteiger partial charge in [0.15, 0.2) is 0 Å². The Morgan fingerprint density at radius 1 is 0.329 bits per heavy atom. The summed E-state index contributed by atoms with van der Waals surface area (Å²) in [5.74, 6) is -0.0666. The number of allylic oxidation sites excluding steroid dienone is 5. The zero-order chi connectivity index (χ0) is 50.6.